The summed E-state index contributed by atoms with van der Waals surface area (Å²) in [6, 6.07) is 15.6. The van der Waals surface area contributed by atoms with Gasteiger partial charge in [0.15, 0.2) is 11.4 Å². The summed E-state index contributed by atoms with van der Waals surface area (Å²) in [5.41, 5.74) is 4.72. The second-order valence-electron chi connectivity index (χ2n) is 8.27. The molecule has 3 heterocycles. The predicted octanol–water partition coefficient (Wildman–Crippen LogP) is 4.81. The highest BCUT2D eigenvalue weighted by Gasteiger charge is 2.19. The molecule has 4 rings (SSSR count). The molecular weight excluding hydrogens is 386 g/mol. The molecule has 0 spiro atoms. The van der Waals surface area contributed by atoms with Gasteiger partial charge in [0, 0.05) is 35.5 Å². The number of carbonyl (C=O) groups is 1. The molecule has 0 aliphatic rings. The number of fused-ring (bicyclic) bond motifs is 1. The zero-order valence-electron chi connectivity index (χ0n) is 18.2. The first-order valence-electron chi connectivity index (χ1n) is 10.6. The van der Waals surface area contributed by atoms with Gasteiger partial charge in [-0.15, -0.1) is 0 Å². The lowest BCUT2D eigenvalue weighted by Gasteiger charge is -2.25. The Kier molecular flexibility index (Phi) is 5.91. The highest BCUT2D eigenvalue weighted by molar-refractivity contribution is 5.97. The van der Waals surface area contributed by atoms with Crippen molar-refractivity contribution in [1.29, 1.82) is 0 Å². The number of nitrogens with one attached hydrogen (secondary N) is 1. The van der Waals surface area contributed by atoms with Crippen molar-refractivity contribution in [2.24, 2.45) is 0 Å². The van der Waals surface area contributed by atoms with Crippen molar-refractivity contribution in [3.8, 4) is 22.5 Å². The number of ketones is 1. The molecule has 31 heavy (non-hydrogen) atoms. The molecule has 1 N–H and O–H groups in total. The fourth-order valence-corrected chi connectivity index (χ4v) is 3.71. The number of hydrogen-bond donors (Lipinski definition) is 1. The van der Waals surface area contributed by atoms with Crippen molar-refractivity contribution >= 4 is 11.4 Å². The van der Waals surface area contributed by atoms with Gasteiger partial charge in [-0.2, -0.15) is 5.10 Å². The summed E-state index contributed by atoms with van der Waals surface area (Å²) < 4.78 is 1.73. The molecule has 0 fully saturated rings. The van der Waals surface area contributed by atoms with Crippen LogP contribution in [0.4, 0.5) is 0 Å². The number of pyridine rings is 1. The van der Waals surface area contributed by atoms with Crippen LogP contribution in [0.5, 0.6) is 0 Å². The van der Waals surface area contributed by atoms with E-state index in [0.717, 1.165) is 29.8 Å². The van der Waals surface area contributed by atoms with E-state index in [4.69, 9.17) is 4.98 Å². The van der Waals surface area contributed by atoms with Gasteiger partial charge in [-0.05, 0) is 45.0 Å². The summed E-state index contributed by atoms with van der Waals surface area (Å²) in [6.07, 6.45) is 6.58. The Morgan fingerprint density at radius 2 is 1.90 bits per heavy atom. The van der Waals surface area contributed by atoms with Crippen molar-refractivity contribution in [3.63, 3.8) is 0 Å². The topological polar surface area (TPSA) is 72.2 Å². The molecule has 0 atom stereocenters. The Bertz CT molecular complexity index is 1200. The molecule has 0 aliphatic heterocycles. The Labute approximate surface area is 182 Å². The summed E-state index contributed by atoms with van der Waals surface area (Å²) in [4.78, 5) is 22.1. The first kappa shape index (κ1) is 20.9. The quantitative estimate of drug-likeness (QED) is 0.420. The molecule has 0 bridgehead atoms. The van der Waals surface area contributed by atoms with Gasteiger partial charge < -0.3 is 5.32 Å². The van der Waals surface area contributed by atoms with Crippen LogP contribution < -0.4 is 5.32 Å². The van der Waals surface area contributed by atoms with Gasteiger partial charge >= 0.3 is 0 Å². The van der Waals surface area contributed by atoms with Crippen molar-refractivity contribution in [3.05, 3.63) is 72.7 Å². The lowest BCUT2D eigenvalue weighted by molar-refractivity contribution is 0.0969. The summed E-state index contributed by atoms with van der Waals surface area (Å²) in [6.45, 7) is 7.20. The number of hydrogen-bond acceptors (Lipinski definition) is 5. The third-order valence-corrected chi connectivity index (χ3v) is 5.43. The number of carbonyl (C=O) groups excluding carboxylic acids is 1. The molecule has 0 radical (unpaired) electrons. The van der Waals surface area contributed by atoms with Gasteiger partial charge in [-0.3, -0.25) is 9.78 Å². The van der Waals surface area contributed by atoms with E-state index in [0.29, 0.717) is 23.3 Å². The molecule has 158 valence electrons. The Balaban J connectivity index is 1.62. The van der Waals surface area contributed by atoms with Crippen LogP contribution in [0.2, 0.25) is 0 Å². The van der Waals surface area contributed by atoms with E-state index in [1.54, 1.807) is 23.0 Å². The first-order chi connectivity index (χ1) is 15.0. The third-order valence-electron chi connectivity index (χ3n) is 5.43. The smallest absolute Gasteiger partial charge is 0.164 e. The molecule has 0 aliphatic carbocycles. The molecule has 1 aromatic carbocycles. The average molecular weight is 414 g/mol. The van der Waals surface area contributed by atoms with Crippen LogP contribution in [0.25, 0.3) is 28.2 Å². The Morgan fingerprint density at radius 1 is 1.10 bits per heavy atom. The van der Waals surface area contributed by atoms with Crippen LogP contribution in [0.1, 0.15) is 44.0 Å². The maximum atomic E-state index is 12.8. The number of benzene rings is 1. The molecule has 6 heteroatoms. The van der Waals surface area contributed by atoms with Crippen LogP contribution >= 0.6 is 0 Å². The fourth-order valence-electron chi connectivity index (χ4n) is 3.71. The first-order valence-corrected chi connectivity index (χ1v) is 10.6. The van der Waals surface area contributed by atoms with Crippen LogP contribution in [0, 0.1) is 0 Å². The van der Waals surface area contributed by atoms with Gasteiger partial charge in [0.1, 0.15) is 0 Å². The van der Waals surface area contributed by atoms with Gasteiger partial charge in [0.25, 0.3) is 0 Å². The predicted molar refractivity (Wildman–Crippen MR) is 123 cm³/mol. The van der Waals surface area contributed by atoms with E-state index < -0.39 is 0 Å². The van der Waals surface area contributed by atoms with Gasteiger partial charge in [-0.1, -0.05) is 37.3 Å². The minimum absolute atomic E-state index is 0.0690. The summed E-state index contributed by atoms with van der Waals surface area (Å²) >= 11 is 0. The number of aromatic nitrogens is 4. The SMILES string of the molecule is CCNC(C)(C)CCC(=O)c1ccnc(-c2cnn3ccc(-c4ccccc4)nc23)c1. The average Bonchev–Trinajstić information content (AvgIpc) is 3.21. The van der Waals surface area contributed by atoms with E-state index in [2.05, 4.69) is 36.2 Å². The van der Waals surface area contributed by atoms with Crippen molar-refractivity contribution in [1.82, 2.24) is 24.9 Å². The highest BCUT2D eigenvalue weighted by Crippen LogP contribution is 2.25. The van der Waals surface area contributed by atoms with Gasteiger partial charge in [-0.25, -0.2) is 9.50 Å². The standard InChI is InChI=1S/C25H27N5O/c1-4-27-25(2,3)13-10-23(31)19-11-14-26-22(16-19)20-17-28-30-15-12-21(29-24(20)30)18-8-6-5-7-9-18/h5-9,11-12,14-17,27H,4,10,13H2,1-3H3. The van der Waals surface area contributed by atoms with Crippen LogP contribution in [0.3, 0.4) is 0 Å². The summed E-state index contributed by atoms with van der Waals surface area (Å²) in [5.74, 6) is 0.115. The lowest BCUT2D eigenvalue weighted by atomic mass is 9.94. The summed E-state index contributed by atoms with van der Waals surface area (Å²) in [7, 11) is 0. The van der Waals surface area contributed by atoms with Crippen molar-refractivity contribution < 1.29 is 4.79 Å². The zero-order chi connectivity index (χ0) is 21.8. The van der Waals surface area contributed by atoms with Gasteiger partial charge in [0.2, 0.25) is 0 Å². The molecule has 0 amide bonds. The molecule has 0 saturated heterocycles. The van der Waals surface area contributed by atoms with Crippen molar-refractivity contribution in [2.45, 2.75) is 39.2 Å². The number of Topliss-reactive ketones (excluding diaryl/α,β-unsaturated/α-hetero) is 1. The van der Waals surface area contributed by atoms with Crippen molar-refractivity contribution in [2.75, 3.05) is 6.54 Å². The Morgan fingerprint density at radius 3 is 2.68 bits per heavy atom. The zero-order valence-corrected chi connectivity index (χ0v) is 18.2. The Hall–Kier alpha value is -3.38. The third kappa shape index (κ3) is 4.70. The van der Waals surface area contributed by atoms with Crippen LogP contribution in [-0.2, 0) is 0 Å². The molecule has 3 aromatic heterocycles. The number of rotatable bonds is 8. The van der Waals surface area contributed by atoms with E-state index in [1.165, 1.54) is 0 Å². The van der Waals surface area contributed by atoms with Gasteiger partial charge in [0.05, 0.1) is 23.1 Å². The lowest BCUT2D eigenvalue weighted by Crippen LogP contribution is -2.39. The largest absolute Gasteiger partial charge is 0.312 e. The maximum absolute atomic E-state index is 12.8. The molecular formula is C25H27N5O. The van der Waals surface area contributed by atoms with Crippen LogP contribution in [-0.4, -0.2) is 37.4 Å². The number of nitrogens with zero attached hydrogens (tertiary/aromatic N) is 4. The minimum atomic E-state index is -0.0690. The normalized spacial score (nSPS) is 11.7. The molecule has 0 unspecified atom stereocenters. The highest BCUT2D eigenvalue weighted by atomic mass is 16.1. The molecule has 0 saturated carbocycles. The van der Waals surface area contributed by atoms with Crippen LogP contribution in [0.15, 0.2) is 67.1 Å². The minimum Gasteiger partial charge on any atom is -0.312 e. The second-order valence-corrected chi connectivity index (χ2v) is 8.27. The monoisotopic (exact) mass is 413 g/mol. The van der Waals surface area contributed by atoms with E-state index in [9.17, 15) is 4.79 Å². The fraction of sp³-hybridized carbons (Fsp3) is 0.280. The van der Waals surface area contributed by atoms with E-state index >= 15 is 0 Å². The maximum Gasteiger partial charge on any atom is 0.164 e. The summed E-state index contributed by atoms with van der Waals surface area (Å²) in [5, 5.41) is 7.83. The molecule has 6 nitrogen and oxygen atoms in total. The van der Waals surface area contributed by atoms with E-state index in [1.807, 2.05) is 48.7 Å². The molecule has 4 aromatic rings. The second kappa shape index (κ2) is 8.78. The van der Waals surface area contributed by atoms with E-state index in [-0.39, 0.29) is 11.3 Å².